The van der Waals surface area contributed by atoms with Crippen LogP contribution in [0.15, 0.2) is 30.3 Å². The fourth-order valence-corrected chi connectivity index (χ4v) is 3.91. The zero-order chi connectivity index (χ0) is 17.2. The summed E-state index contributed by atoms with van der Waals surface area (Å²) in [5.41, 5.74) is 1.05. The fraction of sp³-hybridized carbons (Fsp3) is 0.526. The van der Waals surface area contributed by atoms with Crippen LogP contribution in [0.25, 0.3) is 0 Å². The van der Waals surface area contributed by atoms with Crippen molar-refractivity contribution in [1.82, 2.24) is 25.0 Å². The van der Waals surface area contributed by atoms with Crippen LogP contribution in [0.5, 0.6) is 0 Å². The van der Waals surface area contributed by atoms with E-state index in [0.717, 1.165) is 62.5 Å². The largest absolute Gasteiger partial charge is 0.341 e. The van der Waals surface area contributed by atoms with Gasteiger partial charge in [0.25, 0.3) is 0 Å². The molecule has 1 aromatic carbocycles. The number of nitrogens with one attached hydrogen (secondary N) is 1. The van der Waals surface area contributed by atoms with Crippen LogP contribution in [-0.4, -0.2) is 44.7 Å². The van der Waals surface area contributed by atoms with Gasteiger partial charge in [-0.25, -0.2) is 0 Å². The Balaban J connectivity index is 1.54. The van der Waals surface area contributed by atoms with Crippen molar-refractivity contribution in [2.75, 3.05) is 13.1 Å². The van der Waals surface area contributed by atoms with Crippen LogP contribution < -0.4 is 5.32 Å². The summed E-state index contributed by atoms with van der Waals surface area (Å²) in [4.78, 5) is 15.1. The molecule has 2 aliphatic heterocycles. The van der Waals surface area contributed by atoms with Crippen LogP contribution in [0.4, 0.5) is 0 Å². The van der Waals surface area contributed by atoms with Gasteiger partial charge in [0.05, 0.1) is 0 Å². The summed E-state index contributed by atoms with van der Waals surface area (Å²) < 4.78 is 2.17. The summed E-state index contributed by atoms with van der Waals surface area (Å²) in [5, 5.41) is 12.1. The first-order valence-electron chi connectivity index (χ1n) is 9.21. The highest BCUT2D eigenvalue weighted by atomic mass is 16.2. The van der Waals surface area contributed by atoms with Crippen molar-refractivity contribution >= 4 is 5.91 Å². The SMILES string of the molecule is Cc1nnc2n1C[C@@H](N[C@H](C(=O)N1CCCC1)c1ccccc1)CC2. The predicted molar refractivity (Wildman–Crippen MR) is 95.0 cm³/mol. The number of aromatic nitrogens is 3. The van der Waals surface area contributed by atoms with Gasteiger partial charge in [-0.3, -0.25) is 10.1 Å². The molecule has 2 aliphatic rings. The molecule has 1 fully saturated rings. The van der Waals surface area contributed by atoms with Crippen molar-refractivity contribution in [3.05, 3.63) is 47.5 Å². The number of carbonyl (C=O) groups excluding carboxylic acids is 1. The molecular formula is C19H25N5O. The number of likely N-dealkylation sites (tertiary alicyclic amines) is 1. The molecule has 2 aromatic rings. The average molecular weight is 339 g/mol. The van der Waals surface area contributed by atoms with Crippen LogP contribution in [0.3, 0.4) is 0 Å². The van der Waals surface area contributed by atoms with Crippen LogP contribution in [0.1, 0.15) is 42.5 Å². The van der Waals surface area contributed by atoms with E-state index in [0.29, 0.717) is 0 Å². The molecule has 1 aromatic heterocycles. The van der Waals surface area contributed by atoms with Crippen molar-refractivity contribution in [2.45, 2.75) is 51.2 Å². The number of aryl methyl sites for hydroxylation is 2. The summed E-state index contributed by atoms with van der Waals surface area (Å²) in [6.07, 6.45) is 4.10. The molecule has 1 N–H and O–H groups in total. The van der Waals surface area contributed by atoms with E-state index in [1.165, 1.54) is 0 Å². The zero-order valence-corrected chi connectivity index (χ0v) is 14.7. The van der Waals surface area contributed by atoms with E-state index in [1.54, 1.807) is 0 Å². The summed E-state index contributed by atoms with van der Waals surface area (Å²) in [7, 11) is 0. The molecule has 132 valence electrons. The second-order valence-electron chi connectivity index (χ2n) is 7.05. The Bertz CT molecular complexity index is 736. The van der Waals surface area contributed by atoms with Gasteiger partial charge in [-0.15, -0.1) is 10.2 Å². The van der Waals surface area contributed by atoms with Crippen LogP contribution in [0.2, 0.25) is 0 Å². The maximum atomic E-state index is 13.1. The molecule has 0 bridgehead atoms. The highest BCUT2D eigenvalue weighted by Crippen LogP contribution is 2.23. The van der Waals surface area contributed by atoms with Gasteiger partial charge in [-0.1, -0.05) is 30.3 Å². The number of fused-ring (bicyclic) bond motifs is 1. The first kappa shape index (κ1) is 16.3. The third-order valence-electron chi connectivity index (χ3n) is 5.33. The minimum absolute atomic E-state index is 0.204. The number of nitrogens with zero attached hydrogens (tertiary/aromatic N) is 4. The van der Waals surface area contributed by atoms with E-state index in [2.05, 4.69) is 20.1 Å². The van der Waals surface area contributed by atoms with E-state index in [1.807, 2.05) is 42.2 Å². The molecule has 3 heterocycles. The predicted octanol–water partition coefficient (Wildman–Crippen LogP) is 1.85. The van der Waals surface area contributed by atoms with Crippen molar-refractivity contribution in [2.24, 2.45) is 0 Å². The molecule has 0 saturated carbocycles. The standard InChI is InChI=1S/C19H25N5O/c1-14-21-22-17-10-9-16(13-24(14)17)20-18(15-7-3-2-4-8-15)19(25)23-11-5-6-12-23/h2-4,7-8,16,18,20H,5-6,9-13H2,1H3/t16-,18-/m0/s1. The lowest BCUT2D eigenvalue weighted by Crippen LogP contribution is -2.46. The number of amides is 1. The van der Waals surface area contributed by atoms with Crippen LogP contribution in [-0.2, 0) is 17.8 Å². The van der Waals surface area contributed by atoms with E-state index >= 15 is 0 Å². The van der Waals surface area contributed by atoms with Gasteiger partial charge < -0.3 is 9.47 Å². The van der Waals surface area contributed by atoms with Gasteiger partial charge in [0, 0.05) is 32.1 Å². The topological polar surface area (TPSA) is 63.1 Å². The van der Waals surface area contributed by atoms with Gasteiger partial charge in [0.15, 0.2) is 0 Å². The number of hydrogen-bond acceptors (Lipinski definition) is 4. The maximum absolute atomic E-state index is 13.1. The smallest absolute Gasteiger partial charge is 0.244 e. The summed E-state index contributed by atoms with van der Waals surface area (Å²) in [6, 6.07) is 10.1. The van der Waals surface area contributed by atoms with Gasteiger partial charge in [0.1, 0.15) is 17.7 Å². The molecule has 4 rings (SSSR count). The first-order chi connectivity index (χ1) is 12.2. The zero-order valence-electron chi connectivity index (χ0n) is 14.7. The van der Waals surface area contributed by atoms with Crippen molar-refractivity contribution in [3.63, 3.8) is 0 Å². The van der Waals surface area contributed by atoms with E-state index < -0.39 is 0 Å². The number of rotatable bonds is 4. The molecule has 25 heavy (non-hydrogen) atoms. The molecule has 0 unspecified atom stereocenters. The maximum Gasteiger partial charge on any atom is 0.244 e. The van der Waals surface area contributed by atoms with E-state index in [-0.39, 0.29) is 18.0 Å². The second kappa shape index (κ2) is 6.96. The Morgan fingerprint density at radius 3 is 2.72 bits per heavy atom. The lowest BCUT2D eigenvalue weighted by Gasteiger charge is -2.31. The van der Waals surface area contributed by atoms with Gasteiger partial charge in [0.2, 0.25) is 5.91 Å². The third kappa shape index (κ3) is 3.31. The van der Waals surface area contributed by atoms with E-state index in [4.69, 9.17) is 0 Å². The lowest BCUT2D eigenvalue weighted by atomic mass is 10.0. The third-order valence-corrected chi connectivity index (χ3v) is 5.33. The molecule has 1 saturated heterocycles. The highest BCUT2D eigenvalue weighted by molar-refractivity contribution is 5.83. The Labute approximate surface area is 148 Å². The molecule has 6 nitrogen and oxygen atoms in total. The van der Waals surface area contributed by atoms with Crippen molar-refractivity contribution in [1.29, 1.82) is 0 Å². The first-order valence-corrected chi connectivity index (χ1v) is 9.21. The summed E-state index contributed by atoms with van der Waals surface area (Å²) in [5.74, 6) is 2.20. The quantitative estimate of drug-likeness (QED) is 0.923. The number of benzene rings is 1. The summed E-state index contributed by atoms with van der Waals surface area (Å²) in [6.45, 7) is 4.57. The molecule has 0 aliphatic carbocycles. The van der Waals surface area contributed by atoms with Crippen molar-refractivity contribution < 1.29 is 4.79 Å². The molecule has 2 atom stereocenters. The van der Waals surface area contributed by atoms with Crippen LogP contribution in [0, 0.1) is 6.92 Å². The van der Waals surface area contributed by atoms with Gasteiger partial charge in [-0.05, 0) is 31.7 Å². The fourth-order valence-electron chi connectivity index (χ4n) is 3.91. The Hall–Kier alpha value is -2.21. The summed E-state index contributed by atoms with van der Waals surface area (Å²) >= 11 is 0. The minimum atomic E-state index is -0.275. The molecular weight excluding hydrogens is 314 g/mol. The average Bonchev–Trinajstić information content (AvgIpc) is 3.30. The molecule has 1 amide bonds. The molecule has 0 spiro atoms. The van der Waals surface area contributed by atoms with E-state index in [9.17, 15) is 4.79 Å². The Kier molecular flexibility index (Phi) is 4.53. The normalized spacial score (nSPS) is 21.2. The Morgan fingerprint density at radius 1 is 1.20 bits per heavy atom. The monoisotopic (exact) mass is 339 g/mol. The lowest BCUT2D eigenvalue weighted by molar-refractivity contribution is -0.132. The van der Waals surface area contributed by atoms with Gasteiger partial charge in [-0.2, -0.15) is 0 Å². The molecule has 0 radical (unpaired) electrons. The Morgan fingerprint density at radius 2 is 1.96 bits per heavy atom. The number of hydrogen-bond donors (Lipinski definition) is 1. The highest BCUT2D eigenvalue weighted by Gasteiger charge is 2.31. The number of carbonyl (C=O) groups is 1. The van der Waals surface area contributed by atoms with Gasteiger partial charge >= 0.3 is 0 Å². The van der Waals surface area contributed by atoms with Crippen molar-refractivity contribution in [3.8, 4) is 0 Å². The molecule has 6 heteroatoms. The minimum Gasteiger partial charge on any atom is -0.341 e. The second-order valence-corrected chi connectivity index (χ2v) is 7.05. The van der Waals surface area contributed by atoms with Crippen LogP contribution >= 0.6 is 0 Å².